The van der Waals surface area contributed by atoms with E-state index in [9.17, 15) is 5.11 Å². The van der Waals surface area contributed by atoms with E-state index in [0.29, 0.717) is 17.9 Å². The SMILES string of the molecule is OC12CC3CC(C1)C(Nc1c(CN4CCOCC4)cnc4[nH]ccc14)C(C3)C2. The van der Waals surface area contributed by atoms with E-state index in [1.54, 1.807) is 0 Å². The standard InChI is InChI=1S/C22H30N4O2/c27-22-9-14-7-15(10-22)19(16(8-14)11-22)25-20-17(13-26-3-5-28-6-4-26)12-24-21-18(20)1-2-23-21/h1-2,12,14-16,19,27H,3-11,13H2,(H2,23,24,25). The molecule has 5 fully saturated rings. The molecule has 4 saturated carbocycles. The summed E-state index contributed by atoms with van der Waals surface area (Å²) < 4.78 is 5.52. The van der Waals surface area contributed by atoms with Gasteiger partial charge in [0, 0.05) is 49.0 Å². The van der Waals surface area contributed by atoms with E-state index in [1.165, 1.54) is 29.5 Å². The maximum atomic E-state index is 10.9. The smallest absolute Gasteiger partial charge is 0.139 e. The number of nitrogens with zero attached hydrogens (tertiary/aromatic N) is 2. The monoisotopic (exact) mass is 382 g/mol. The van der Waals surface area contributed by atoms with Gasteiger partial charge in [-0.05, 0) is 55.9 Å². The number of hydrogen-bond acceptors (Lipinski definition) is 5. The van der Waals surface area contributed by atoms with Crippen LogP contribution in [0.4, 0.5) is 5.69 Å². The van der Waals surface area contributed by atoms with Gasteiger partial charge in [-0.2, -0.15) is 0 Å². The Morgan fingerprint density at radius 3 is 2.75 bits per heavy atom. The molecule has 6 heteroatoms. The molecule has 0 spiro atoms. The maximum Gasteiger partial charge on any atom is 0.139 e. The third-order valence-electron chi connectivity index (χ3n) is 7.71. The van der Waals surface area contributed by atoms with Gasteiger partial charge in [0.1, 0.15) is 5.65 Å². The number of fused-ring (bicyclic) bond motifs is 1. The molecule has 2 aromatic rings. The van der Waals surface area contributed by atoms with Gasteiger partial charge in [0.2, 0.25) is 0 Å². The summed E-state index contributed by atoms with van der Waals surface area (Å²) in [5, 5.41) is 16.1. The van der Waals surface area contributed by atoms with Crippen LogP contribution in [0.15, 0.2) is 18.5 Å². The number of aromatic nitrogens is 2. The average Bonchev–Trinajstić information content (AvgIpc) is 3.14. The molecule has 6 nitrogen and oxygen atoms in total. The molecule has 2 aromatic heterocycles. The van der Waals surface area contributed by atoms with E-state index >= 15 is 0 Å². The number of pyridine rings is 1. The minimum atomic E-state index is -0.382. The zero-order chi connectivity index (χ0) is 18.7. The molecule has 5 aliphatic rings. The fourth-order valence-electron chi connectivity index (χ4n) is 6.72. The highest BCUT2D eigenvalue weighted by Gasteiger charge is 2.54. The third-order valence-corrected chi connectivity index (χ3v) is 7.71. The van der Waals surface area contributed by atoms with Crippen molar-refractivity contribution in [2.75, 3.05) is 31.6 Å². The Hall–Kier alpha value is -1.63. The van der Waals surface area contributed by atoms with E-state index in [2.05, 4.69) is 26.3 Å². The molecule has 1 saturated heterocycles. The second kappa shape index (κ2) is 6.44. The highest BCUT2D eigenvalue weighted by molar-refractivity contribution is 5.91. The van der Waals surface area contributed by atoms with Crippen LogP contribution in [0.2, 0.25) is 0 Å². The van der Waals surface area contributed by atoms with Crippen LogP contribution in [0.5, 0.6) is 0 Å². The molecule has 2 unspecified atom stereocenters. The first-order valence-corrected chi connectivity index (χ1v) is 10.9. The summed E-state index contributed by atoms with van der Waals surface area (Å²) in [6.07, 6.45) is 9.55. The van der Waals surface area contributed by atoms with E-state index in [-0.39, 0.29) is 5.60 Å². The van der Waals surface area contributed by atoms with Gasteiger partial charge in [-0.1, -0.05) is 0 Å². The summed E-state index contributed by atoms with van der Waals surface area (Å²) in [5.74, 6) is 1.92. The number of hydrogen-bond donors (Lipinski definition) is 3. The predicted octanol–water partition coefficient (Wildman–Crippen LogP) is 2.75. The molecule has 0 aromatic carbocycles. The van der Waals surface area contributed by atoms with Crippen molar-refractivity contribution in [2.45, 2.75) is 50.3 Å². The lowest BCUT2D eigenvalue weighted by Crippen LogP contribution is -2.59. The second-order valence-corrected chi connectivity index (χ2v) is 9.65. The molecule has 0 amide bonds. The first-order valence-electron chi connectivity index (χ1n) is 10.9. The molecule has 4 aliphatic carbocycles. The Morgan fingerprint density at radius 2 is 2.00 bits per heavy atom. The topological polar surface area (TPSA) is 73.4 Å². The Bertz CT molecular complexity index is 859. The third kappa shape index (κ3) is 2.85. The van der Waals surface area contributed by atoms with E-state index in [4.69, 9.17) is 4.74 Å². The van der Waals surface area contributed by atoms with Gasteiger partial charge in [-0.25, -0.2) is 4.98 Å². The van der Waals surface area contributed by atoms with Crippen molar-refractivity contribution >= 4 is 16.7 Å². The number of rotatable bonds is 4. The molecule has 150 valence electrons. The van der Waals surface area contributed by atoms with E-state index in [0.717, 1.165) is 63.7 Å². The van der Waals surface area contributed by atoms with Crippen LogP contribution in [0, 0.1) is 17.8 Å². The zero-order valence-electron chi connectivity index (χ0n) is 16.4. The number of anilines is 1. The minimum Gasteiger partial charge on any atom is -0.390 e. The van der Waals surface area contributed by atoms with Gasteiger partial charge < -0.3 is 20.1 Å². The minimum absolute atomic E-state index is 0.382. The molecule has 7 rings (SSSR count). The number of ether oxygens (including phenoxy) is 1. The van der Waals surface area contributed by atoms with Gasteiger partial charge in [-0.15, -0.1) is 0 Å². The van der Waals surface area contributed by atoms with Crippen molar-refractivity contribution < 1.29 is 9.84 Å². The second-order valence-electron chi connectivity index (χ2n) is 9.65. The molecule has 0 radical (unpaired) electrons. The van der Waals surface area contributed by atoms with Crippen molar-refractivity contribution in [1.29, 1.82) is 0 Å². The van der Waals surface area contributed by atoms with Crippen LogP contribution in [0.1, 0.15) is 37.7 Å². The molecule has 1 aliphatic heterocycles. The van der Waals surface area contributed by atoms with Crippen LogP contribution in [0.3, 0.4) is 0 Å². The van der Waals surface area contributed by atoms with Crippen LogP contribution >= 0.6 is 0 Å². The zero-order valence-corrected chi connectivity index (χ0v) is 16.4. The molecular weight excluding hydrogens is 352 g/mol. The molecular formula is C22H30N4O2. The molecule has 28 heavy (non-hydrogen) atoms. The number of nitrogens with one attached hydrogen (secondary N) is 2. The summed E-state index contributed by atoms with van der Waals surface area (Å²) in [6, 6.07) is 2.62. The summed E-state index contributed by atoms with van der Waals surface area (Å²) in [4.78, 5) is 10.4. The summed E-state index contributed by atoms with van der Waals surface area (Å²) >= 11 is 0. The van der Waals surface area contributed by atoms with Crippen LogP contribution in [-0.2, 0) is 11.3 Å². The first kappa shape index (κ1) is 17.2. The fraction of sp³-hybridized carbons (Fsp3) is 0.682. The Morgan fingerprint density at radius 1 is 1.21 bits per heavy atom. The molecule has 3 N–H and O–H groups in total. The van der Waals surface area contributed by atoms with Gasteiger partial charge in [-0.3, -0.25) is 4.90 Å². The normalized spacial score (nSPS) is 37.6. The van der Waals surface area contributed by atoms with Gasteiger partial charge in [0.25, 0.3) is 0 Å². The summed E-state index contributed by atoms with van der Waals surface area (Å²) in [5.41, 5.74) is 3.10. The van der Waals surface area contributed by atoms with Crippen LogP contribution < -0.4 is 5.32 Å². The highest BCUT2D eigenvalue weighted by Crippen LogP contribution is 2.56. The van der Waals surface area contributed by atoms with Gasteiger partial charge in [0.15, 0.2) is 0 Å². The van der Waals surface area contributed by atoms with E-state index in [1.807, 2.05) is 12.4 Å². The van der Waals surface area contributed by atoms with Gasteiger partial charge >= 0.3 is 0 Å². The van der Waals surface area contributed by atoms with Crippen molar-refractivity contribution in [3.63, 3.8) is 0 Å². The highest BCUT2D eigenvalue weighted by atomic mass is 16.5. The number of aromatic amines is 1. The van der Waals surface area contributed by atoms with Crippen molar-refractivity contribution in [2.24, 2.45) is 17.8 Å². The van der Waals surface area contributed by atoms with E-state index < -0.39 is 0 Å². The van der Waals surface area contributed by atoms with Crippen molar-refractivity contribution in [3.05, 3.63) is 24.0 Å². The lowest BCUT2D eigenvalue weighted by molar-refractivity contribution is -0.129. The molecule has 3 heterocycles. The lowest BCUT2D eigenvalue weighted by Gasteiger charge is -2.58. The summed E-state index contributed by atoms with van der Waals surface area (Å²) in [6.45, 7) is 4.50. The average molecular weight is 383 g/mol. The Kier molecular flexibility index (Phi) is 3.97. The summed E-state index contributed by atoms with van der Waals surface area (Å²) in [7, 11) is 0. The van der Waals surface area contributed by atoms with Crippen molar-refractivity contribution in [1.82, 2.24) is 14.9 Å². The number of aliphatic hydroxyl groups is 1. The Balaban J connectivity index is 1.32. The van der Waals surface area contributed by atoms with Crippen LogP contribution in [-0.4, -0.2) is 57.9 Å². The number of morpholine rings is 1. The first-order chi connectivity index (χ1) is 13.7. The quantitative estimate of drug-likeness (QED) is 0.758. The largest absolute Gasteiger partial charge is 0.390 e. The van der Waals surface area contributed by atoms with Crippen molar-refractivity contribution in [3.8, 4) is 0 Å². The van der Waals surface area contributed by atoms with Gasteiger partial charge in [0.05, 0.1) is 24.5 Å². The maximum absolute atomic E-state index is 10.9. The molecule has 4 bridgehead atoms. The lowest BCUT2D eigenvalue weighted by atomic mass is 9.52. The Labute approximate surface area is 165 Å². The number of H-pyrrole nitrogens is 1. The van der Waals surface area contributed by atoms with Crippen LogP contribution in [0.25, 0.3) is 11.0 Å². The predicted molar refractivity (Wildman–Crippen MR) is 108 cm³/mol. The fourth-order valence-corrected chi connectivity index (χ4v) is 6.72. The molecule has 2 atom stereocenters.